The smallest absolute Gasteiger partial charge is 0.0914 e. The second-order valence-electron chi connectivity index (χ2n) is 4.91. The maximum atomic E-state index is 10.1. The summed E-state index contributed by atoms with van der Waals surface area (Å²) in [6.07, 6.45) is 1.25. The first-order chi connectivity index (χ1) is 10.3. The predicted molar refractivity (Wildman–Crippen MR) is 82.6 cm³/mol. The second-order valence-corrected chi connectivity index (χ2v) is 4.91. The zero-order valence-electron chi connectivity index (χ0n) is 11.6. The molecule has 1 heterocycles. The van der Waals surface area contributed by atoms with Crippen molar-refractivity contribution >= 4 is 11.0 Å². The molecule has 1 unspecified atom stereocenters. The average molecular weight is 279 g/mol. The molecule has 2 aromatic carbocycles. The van der Waals surface area contributed by atoms with E-state index in [9.17, 15) is 5.11 Å². The van der Waals surface area contributed by atoms with Crippen molar-refractivity contribution in [2.75, 3.05) is 6.54 Å². The maximum Gasteiger partial charge on any atom is 0.0914 e. The van der Waals surface area contributed by atoms with E-state index < -0.39 is 6.10 Å². The summed E-state index contributed by atoms with van der Waals surface area (Å²) < 4.78 is 0. The topological polar surface area (TPSA) is 58.0 Å². The molecular formula is C17H17N3O. The van der Waals surface area contributed by atoms with Gasteiger partial charge in [-0.05, 0) is 17.7 Å². The minimum Gasteiger partial charge on any atom is -0.387 e. The van der Waals surface area contributed by atoms with Gasteiger partial charge in [-0.15, -0.1) is 0 Å². The lowest BCUT2D eigenvalue weighted by molar-refractivity contribution is 0.174. The number of fused-ring (bicyclic) bond motifs is 1. The lowest BCUT2D eigenvalue weighted by Gasteiger charge is -2.12. The number of para-hydroxylation sites is 2. The van der Waals surface area contributed by atoms with E-state index in [-0.39, 0.29) is 0 Å². The van der Waals surface area contributed by atoms with Gasteiger partial charge in [0.1, 0.15) is 0 Å². The van der Waals surface area contributed by atoms with E-state index in [1.165, 1.54) is 0 Å². The Balaban J connectivity index is 1.59. The molecule has 4 nitrogen and oxygen atoms in total. The molecule has 0 saturated carbocycles. The highest BCUT2D eigenvalue weighted by Gasteiger charge is 2.06. The van der Waals surface area contributed by atoms with Crippen LogP contribution in [0.1, 0.15) is 17.4 Å². The third-order valence-corrected chi connectivity index (χ3v) is 3.33. The van der Waals surface area contributed by atoms with Gasteiger partial charge in [0.25, 0.3) is 0 Å². The monoisotopic (exact) mass is 279 g/mol. The number of hydrogen-bond acceptors (Lipinski definition) is 4. The Morgan fingerprint density at radius 2 is 1.67 bits per heavy atom. The molecule has 21 heavy (non-hydrogen) atoms. The summed E-state index contributed by atoms with van der Waals surface area (Å²) in [6, 6.07) is 17.4. The normalized spacial score (nSPS) is 12.4. The molecule has 106 valence electrons. The number of aromatic nitrogens is 2. The number of aliphatic hydroxyl groups is 1. The fourth-order valence-electron chi connectivity index (χ4n) is 2.21. The Morgan fingerprint density at radius 1 is 0.952 bits per heavy atom. The van der Waals surface area contributed by atoms with Crippen LogP contribution in [0.2, 0.25) is 0 Å². The number of aliphatic hydroxyl groups excluding tert-OH is 1. The van der Waals surface area contributed by atoms with Crippen molar-refractivity contribution < 1.29 is 5.11 Å². The Kier molecular flexibility index (Phi) is 4.19. The first kappa shape index (κ1) is 13.7. The third kappa shape index (κ3) is 3.42. The van der Waals surface area contributed by atoms with Crippen molar-refractivity contribution in [3.8, 4) is 0 Å². The first-order valence-electron chi connectivity index (χ1n) is 6.97. The van der Waals surface area contributed by atoms with Crippen LogP contribution < -0.4 is 5.32 Å². The molecule has 1 aromatic heterocycles. The maximum absolute atomic E-state index is 10.1. The van der Waals surface area contributed by atoms with Crippen molar-refractivity contribution in [2.24, 2.45) is 0 Å². The molecule has 0 radical (unpaired) electrons. The molecule has 2 N–H and O–H groups in total. The molecule has 0 saturated heterocycles. The predicted octanol–water partition coefficient (Wildman–Crippen LogP) is 2.45. The highest BCUT2D eigenvalue weighted by Crippen LogP contribution is 2.11. The number of rotatable bonds is 5. The van der Waals surface area contributed by atoms with E-state index >= 15 is 0 Å². The number of hydrogen-bond donors (Lipinski definition) is 2. The summed E-state index contributed by atoms with van der Waals surface area (Å²) in [4.78, 5) is 8.91. The Bertz CT molecular complexity index is 715. The summed E-state index contributed by atoms with van der Waals surface area (Å²) in [5.41, 5.74) is 3.56. The van der Waals surface area contributed by atoms with E-state index in [4.69, 9.17) is 0 Å². The van der Waals surface area contributed by atoms with Crippen molar-refractivity contribution in [2.45, 2.75) is 12.6 Å². The molecule has 1 atom stereocenters. The Labute approximate surface area is 123 Å². The Hall–Kier alpha value is -2.30. The van der Waals surface area contributed by atoms with E-state index in [1.807, 2.05) is 54.6 Å². The van der Waals surface area contributed by atoms with Gasteiger partial charge < -0.3 is 10.4 Å². The van der Waals surface area contributed by atoms with Crippen LogP contribution in [0.25, 0.3) is 11.0 Å². The van der Waals surface area contributed by atoms with Gasteiger partial charge in [-0.1, -0.05) is 42.5 Å². The van der Waals surface area contributed by atoms with Gasteiger partial charge in [0, 0.05) is 13.1 Å². The Morgan fingerprint density at radius 3 is 2.48 bits per heavy atom. The largest absolute Gasteiger partial charge is 0.387 e. The van der Waals surface area contributed by atoms with Gasteiger partial charge in [0.15, 0.2) is 0 Å². The van der Waals surface area contributed by atoms with Gasteiger partial charge in [-0.2, -0.15) is 0 Å². The van der Waals surface area contributed by atoms with Gasteiger partial charge in [0.2, 0.25) is 0 Å². The van der Waals surface area contributed by atoms with Crippen LogP contribution >= 0.6 is 0 Å². The van der Waals surface area contributed by atoms with Crippen LogP contribution in [0.15, 0.2) is 60.8 Å². The zero-order chi connectivity index (χ0) is 14.5. The van der Waals surface area contributed by atoms with Gasteiger partial charge >= 0.3 is 0 Å². The summed E-state index contributed by atoms with van der Waals surface area (Å²) in [6.45, 7) is 1.07. The summed E-state index contributed by atoms with van der Waals surface area (Å²) in [7, 11) is 0. The standard InChI is InChI=1S/C17H17N3O/c21-17(13-6-2-1-3-7-13)12-18-10-14-11-19-15-8-4-5-9-16(15)20-14/h1-9,11,17-18,21H,10,12H2. The third-order valence-electron chi connectivity index (χ3n) is 3.33. The molecule has 0 aliphatic carbocycles. The molecule has 0 fully saturated rings. The highest BCUT2D eigenvalue weighted by molar-refractivity contribution is 5.73. The quantitative estimate of drug-likeness (QED) is 0.753. The van der Waals surface area contributed by atoms with Crippen LogP contribution in [0.3, 0.4) is 0 Å². The van der Waals surface area contributed by atoms with Gasteiger partial charge in [-0.3, -0.25) is 4.98 Å². The zero-order valence-corrected chi connectivity index (χ0v) is 11.6. The minimum atomic E-state index is -0.514. The molecule has 0 aliphatic rings. The molecule has 3 aromatic rings. The van der Waals surface area contributed by atoms with Gasteiger partial charge in [-0.25, -0.2) is 4.98 Å². The average Bonchev–Trinajstić information content (AvgIpc) is 2.55. The molecule has 4 heteroatoms. The lowest BCUT2D eigenvalue weighted by atomic mass is 10.1. The second kappa shape index (κ2) is 6.43. The van der Waals surface area contributed by atoms with Crippen LogP contribution in [-0.2, 0) is 6.54 Å². The van der Waals surface area contributed by atoms with Gasteiger partial charge in [0.05, 0.1) is 29.0 Å². The summed E-state index contributed by atoms with van der Waals surface area (Å²) in [5.74, 6) is 0. The molecule has 0 aliphatic heterocycles. The van der Waals surface area contributed by atoms with Crippen molar-refractivity contribution in [3.05, 3.63) is 72.1 Å². The van der Waals surface area contributed by atoms with Crippen LogP contribution in [0, 0.1) is 0 Å². The summed E-state index contributed by atoms with van der Waals surface area (Å²) in [5, 5.41) is 13.3. The fraction of sp³-hybridized carbons (Fsp3) is 0.176. The van der Waals surface area contributed by atoms with Crippen LogP contribution in [0.5, 0.6) is 0 Å². The van der Waals surface area contributed by atoms with Crippen LogP contribution in [-0.4, -0.2) is 21.6 Å². The van der Waals surface area contributed by atoms with Crippen LogP contribution in [0.4, 0.5) is 0 Å². The lowest BCUT2D eigenvalue weighted by Crippen LogP contribution is -2.21. The minimum absolute atomic E-state index is 0.485. The number of benzene rings is 2. The molecular weight excluding hydrogens is 262 g/mol. The SMILES string of the molecule is OC(CNCc1cnc2ccccc2n1)c1ccccc1. The first-order valence-corrected chi connectivity index (χ1v) is 6.97. The molecule has 3 rings (SSSR count). The molecule has 0 spiro atoms. The molecule has 0 amide bonds. The van der Waals surface area contributed by atoms with E-state index in [1.54, 1.807) is 6.20 Å². The fourth-order valence-corrected chi connectivity index (χ4v) is 2.21. The van der Waals surface area contributed by atoms with E-state index in [0.29, 0.717) is 13.1 Å². The summed E-state index contributed by atoms with van der Waals surface area (Å²) >= 11 is 0. The van der Waals surface area contributed by atoms with Crippen molar-refractivity contribution in [1.29, 1.82) is 0 Å². The van der Waals surface area contributed by atoms with E-state index in [2.05, 4.69) is 15.3 Å². The molecule has 0 bridgehead atoms. The number of nitrogens with one attached hydrogen (secondary N) is 1. The van der Waals surface area contributed by atoms with Crippen molar-refractivity contribution in [3.63, 3.8) is 0 Å². The highest BCUT2D eigenvalue weighted by atomic mass is 16.3. The van der Waals surface area contributed by atoms with E-state index in [0.717, 1.165) is 22.3 Å². The number of nitrogens with zero attached hydrogens (tertiary/aromatic N) is 2. The van der Waals surface area contributed by atoms with Crippen molar-refractivity contribution in [1.82, 2.24) is 15.3 Å².